The lowest BCUT2D eigenvalue weighted by atomic mass is 9.84. The van der Waals surface area contributed by atoms with Gasteiger partial charge in [-0.1, -0.05) is 120 Å². The zero-order valence-electron chi connectivity index (χ0n) is 23.4. The van der Waals surface area contributed by atoms with E-state index in [1.807, 2.05) is 0 Å². The number of likely N-dealkylation sites (tertiary alicyclic amines) is 1. The zero-order valence-corrected chi connectivity index (χ0v) is 24.9. The lowest BCUT2D eigenvalue weighted by Crippen LogP contribution is -3.00. The first-order chi connectivity index (χ1) is 16.5. The second-order valence-corrected chi connectivity index (χ2v) is 13.2. The lowest BCUT2D eigenvalue weighted by molar-refractivity contribution is -0.961. The van der Waals surface area contributed by atoms with Crippen molar-refractivity contribution in [2.75, 3.05) is 13.1 Å². The summed E-state index contributed by atoms with van der Waals surface area (Å²) in [6, 6.07) is 30.1. The van der Waals surface area contributed by atoms with Gasteiger partial charge >= 0.3 is 0 Å². The highest BCUT2D eigenvalue weighted by Crippen LogP contribution is 2.32. The first kappa shape index (κ1) is 28.7. The Kier molecular flexibility index (Phi) is 9.28. The molecule has 2 unspecified atom stereocenters. The zero-order chi connectivity index (χ0) is 25.1. The molecule has 3 aromatic rings. The molecule has 0 aromatic heterocycles. The van der Waals surface area contributed by atoms with E-state index in [1.165, 1.54) is 64.7 Å². The van der Waals surface area contributed by atoms with E-state index >= 15 is 0 Å². The molecule has 2 atom stereocenters. The number of piperidine rings is 1. The molecule has 0 N–H and O–H groups in total. The second kappa shape index (κ2) is 11.7. The molecule has 0 aliphatic carbocycles. The molecule has 1 aliphatic heterocycles. The summed E-state index contributed by atoms with van der Waals surface area (Å²) in [7, 11) is 0. The molecule has 0 saturated carbocycles. The predicted octanol–water partition coefficient (Wildman–Crippen LogP) is 5.46. The van der Waals surface area contributed by atoms with Crippen molar-refractivity contribution in [2.45, 2.75) is 84.7 Å². The van der Waals surface area contributed by atoms with Crippen molar-refractivity contribution < 1.29 is 21.5 Å². The maximum atomic E-state index is 2.39. The van der Waals surface area contributed by atoms with Gasteiger partial charge in [0.25, 0.3) is 0 Å². The van der Waals surface area contributed by atoms with Crippen molar-refractivity contribution in [1.29, 1.82) is 0 Å². The van der Waals surface area contributed by atoms with Gasteiger partial charge in [-0.15, -0.1) is 0 Å². The van der Waals surface area contributed by atoms with Crippen molar-refractivity contribution in [3.8, 4) is 0 Å². The van der Waals surface area contributed by atoms with Gasteiger partial charge < -0.3 is 21.5 Å². The summed E-state index contributed by atoms with van der Waals surface area (Å²) in [6.45, 7) is 18.6. The van der Waals surface area contributed by atoms with Gasteiger partial charge in [0.15, 0.2) is 0 Å². The van der Waals surface area contributed by atoms with Crippen LogP contribution in [0.1, 0.15) is 82.2 Å². The number of nitrogens with zero attached hydrogens (tertiary/aromatic N) is 1. The Balaban J connectivity index is 0.00000361. The second-order valence-electron chi connectivity index (χ2n) is 13.2. The third-order valence-electron chi connectivity index (χ3n) is 7.93. The first-order valence-corrected chi connectivity index (χ1v) is 13.6. The number of halogens is 1. The first-order valence-electron chi connectivity index (χ1n) is 13.6. The summed E-state index contributed by atoms with van der Waals surface area (Å²) in [5, 5.41) is 0. The number of quaternary nitrogens is 1. The Morgan fingerprint density at radius 1 is 0.639 bits per heavy atom. The van der Waals surface area contributed by atoms with E-state index in [0.717, 1.165) is 19.0 Å². The van der Waals surface area contributed by atoms with Crippen LogP contribution in [0, 0.1) is 5.92 Å². The molecule has 1 fully saturated rings. The summed E-state index contributed by atoms with van der Waals surface area (Å²) in [5.74, 6) is 0.738. The summed E-state index contributed by atoms with van der Waals surface area (Å²) in [5.41, 5.74) is 7.71. The van der Waals surface area contributed by atoms with Gasteiger partial charge in [-0.3, -0.25) is 0 Å². The molecule has 0 bridgehead atoms. The Hall–Kier alpha value is -1.90. The van der Waals surface area contributed by atoms with Crippen LogP contribution in [0.3, 0.4) is 0 Å². The van der Waals surface area contributed by atoms with Gasteiger partial charge in [0, 0.05) is 17.0 Å². The number of hydrogen-bond donors (Lipinski definition) is 0. The van der Waals surface area contributed by atoms with E-state index < -0.39 is 0 Å². The van der Waals surface area contributed by atoms with Crippen LogP contribution in [0.2, 0.25) is 0 Å². The summed E-state index contributed by atoms with van der Waals surface area (Å²) < 4.78 is 1.17. The minimum atomic E-state index is 0. The van der Waals surface area contributed by atoms with Crippen molar-refractivity contribution in [3.05, 3.63) is 107 Å². The van der Waals surface area contributed by atoms with Gasteiger partial charge in [-0.25, -0.2) is 0 Å². The molecule has 194 valence electrons. The highest BCUT2D eigenvalue weighted by molar-refractivity contribution is 5.28. The van der Waals surface area contributed by atoms with Crippen molar-refractivity contribution in [3.63, 3.8) is 0 Å². The van der Waals surface area contributed by atoms with E-state index in [9.17, 15) is 0 Å². The Morgan fingerprint density at radius 2 is 1.11 bits per heavy atom. The van der Waals surface area contributed by atoms with Crippen LogP contribution in [0.4, 0.5) is 0 Å². The summed E-state index contributed by atoms with van der Waals surface area (Å²) in [6.07, 6.45) is 3.86. The van der Waals surface area contributed by atoms with Crippen LogP contribution >= 0.6 is 0 Å². The normalized spacial score (nSPS) is 20.6. The third kappa shape index (κ3) is 7.56. The Labute approximate surface area is 231 Å². The van der Waals surface area contributed by atoms with Gasteiger partial charge in [0.1, 0.15) is 13.1 Å². The van der Waals surface area contributed by atoms with Crippen LogP contribution in [0.5, 0.6) is 0 Å². The fourth-order valence-corrected chi connectivity index (χ4v) is 5.90. The van der Waals surface area contributed by atoms with E-state index in [0.29, 0.717) is 0 Å². The largest absolute Gasteiger partial charge is 1.00 e. The maximum Gasteiger partial charge on any atom is 0.105 e. The number of hydrogen-bond acceptors (Lipinski definition) is 0. The topological polar surface area (TPSA) is 0 Å². The molecule has 1 nitrogen and oxygen atoms in total. The fraction of sp³-hybridized carbons (Fsp3) is 0.471. The van der Waals surface area contributed by atoms with E-state index in [2.05, 4.69) is 120 Å². The van der Waals surface area contributed by atoms with Crippen molar-refractivity contribution in [2.24, 2.45) is 5.92 Å². The number of benzene rings is 3. The molecule has 1 saturated heterocycles. The molecule has 0 spiro atoms. The highest BCUT2D eigenvalue weighted by atomic mass is 79.9. The van der Waals surface area contributed by atoms with Crippen molar-refractivity contribution in [1.82, 2.24) is 0 Å². The quantitative estimate of drug-likeness (QED) is 0.359. The molecule has 1 aliphatic rings. The van der Waals surface area contributed by atoms with Gasteiger partial charge in [0.05, 0.1) is 13.1 Å². The Morgan fingerprint density at radius 3 is 1.61 bits per heavy atom. The minimum Gasteiger partial charge on any atom is -1.00 e. The van der Waals surface area contributed by atoms with Gasteiger partial charge in [0.2, 0.25) is 0 Å². The average Bonchev–Trinajstić information content (AvgIpc) is 2.79. The predicted molar refractivity (Wildman–Crippen MR) is 151 cm³/mol. The molecule has 2 heteroatoms. The average molecular weight is 549 g/mol. The SMILES string of the molecule is CC(C)(C)c1ccc(CC2CCC[N+](Cc3ccccc3)(Cc3ccc(C(C)(C)C)cc3)C2)cc1.[Br-]. The maximum absolute atomic E-state index is 2.39. The minimum absolute atomic E-state index is 0. The summed E-state index contributed by atoms with van der Waals surface area (Å²) >= 11 is 0. The molecular formula is C34H46BrN. The lowest BCUT2D eigenvalue weighted by Gasteiger charge is -2.45. The standard InChI is InChI=1S/C34H46N.BrH/c1-33(2,3)31-18-14-27(15-19-31)23-30-13-10-22-35(26-30,24-28-11-8-7-9-12-28)25-29-16-20-32(21-17-29)34(4,5)6;/h7-9,11-12,14-21,30H,10,13,22-26H2,1-6H3;1H/q+1;/p-1. The molecule has 0 amide bonds. The summed E-state index contributed by atoms with van der Waals surface area (Å²) in [4.78, 5) is 0. The van der Waals surface area contributed by atoms with Crippen LogP contribution < -0.4 is 17.0 Å². The van der Waals surface area contributed by atoms with Crippen LogP contribution in [-0.2, 0) is 30.3 Å². The molecule has 36 heavy (non-hydrogen) atoms. The molecule has 1 heterocycles. The Bertz CT molecular complexity index is 1070. The molecule has 3 aromatic carbocycles. The van der Waals surface area contributed by atoms with E-state index in [-0.39, 0.29) is 27.8 Å². The molecule has 0 radical (unpaired) electrons. The van der Waals surface area contributed by atoms with E-state index in [4.69, 9.17) is 0 Å². The highest BCUT2D eigenvalue weighted by Gasteiger charge is 2.35. The van der Waals surface area contributed by atoms with Crippen LogP contribution in [0.25, 0.3) is 0 Å². The fourth-order valence-electron chi connectivity index (χ4n) is 5.90. The number of rotatable bonds is 6. The third-order valence-corrected chi connectivity index (χ3v) is 7.93. The monoisotopic (exact) mass is 547 g/mol. The van der Waals surface area contributed by atoms with Crippen molar-refractivity contribution >= 4 is 0 Å². The van der Waals surface area contributed by atoms with Gasteiger partial charge in [-0.2, -0.15) is 0 Å². The van der Waals surface area contributed by atoms with E-state index in [1.54, 1.807) is 0 Å². The smallest absolute Gasteiger partial charge is 0.105 e. The van der Waals surface area contributed by atoms with Crippen LogP contribution in [-0.4, -0.2) is 17.6 Å². The molecule has 4 rings (SSSR count). The van der Waals surface area contributed by atoms with Gasteiger partial charge in [-0.05, 0) is 46.8 Å². The molecular weight excluding hydrogens is 502 g/mol. The van der Waals surface area contributed by atoms with Crippen LogP contribution in [0.15, 0.2) is 78.9 Å².